The molecule has 2 aromatic heterocycles. The fraction of sp³-hybridized carbons (Fsp3) is 0.385. The maximum absolute atomic E-state index is 4.29. The lowest BCUT2D eigenvalue weighted by atomic mass is 9.88. The molecule has 2 N–H and O–H groups in total. The normalized spacial score (nSPS) is 11.5. The van der Waals surface area contributed by atoms with Crippen LogP contribution in [0.15, 0.2) is 24.4 Å². The van der Waals surface area contributed by atoms with Crippen molar-refractivity contribution in [2.75, 3.05) is 5.32 Å². The van der Waals surface area contributed by atoms with Gasteiger partial charge < -0.3 is 5.32 Å². The molecule has 0 spiro atoms. The number of rotatable bonds is 2. The van der Waals surface area contributed by atoms with Crippen LogP contribution in [0, 0.1) is 6.92 Å². The van der Waals surface area contributed by atoms with Crippen molar-refractivity contribution in [1.82, 2.24) is 15.2 Å². The van der Waals surface area contributed by atoms with E-state index in [4.69, 9.17) is 0 Å². The lowest BCUT2D eigenvalue weighted by molar-refractivity contribution is 0.589. The van der Waals surface area contributed by atoms with E-state index >= 15 is 0 Å². The van der Waals surface area contributed by atoms with Crippen molar-refractivity contribution in [1.29, 1.82) is 0 Å². The summed E-state index contributed by atoms with van der Waals surface area (Å²) in [6.45, 7) is 8.53. The molecule has 0 aliphatic carbocycles. The predicted molar refractivity (Wildman–Crippen MR) is 69.5 cm³/mol. The second-order valence-corrected chi connectivity index (χ2v) is 5.24. The van der Waals surface area contributed by atoms with E-state index < -0.39 is 0 Å². The Kier molecular flexibility index (Phi) is 2.88. The monoisotopic (exact) mass is 230 g/mol. The summed E-state index contributed by atoms with van der Waals surface area (Å²) in [5.41, 5.74) is 2.41. The van der Waals surface area contributed by atoms with Gasteiger partial charge in [0.25, 0.3) is 0 Å². The van der Waals surface area contributed by atoms with Crippen LogP contribution in [0.5, 0.6) is 0 Å². The zero-order valence-electron chi connectivity index (χ0n) is 10.7. The zero-order valence-corrected chi connectivity index (χ0v) is 10.7. The SMILES string of the molecule is Cc1cc(Nc2cc(C(C)(C)C)ccn2)n[nH]1. The second-order valence-electron chi connectivity index (χ2n) is 5.24. The van der Waals surface area contributed by atoms with Crippen LogP contribution in [-0.2, 0) is 5.41 Å². The first kappa shape index (κ1) is 11.6. The molecule has 2 rings (SSSR count). The summed E-state index contributed by atoms with van der Waals surface area (Å²) in [4.78, 5) is 4.29. The van der Waals surface area contributed by atoms with Gasteiger partial charge in [-0.15, -0.1) is 0 Å². The van der Waals surface area contributed by atoms with Crippen LogP contribution in [0.1, 0.15) is 32.0 Å². The van der Waals surface area contributed by atoms with Crippen LogP contribution in [0.3, 0.4) is 0 Å². The lowest BCUT2D eigenvalue weighted by Crippen LogP contribution is -2.11. The van der Waals surface area contributed by atoms with E-state index in [-0.39, 0.29) is 5.41 Å². The Morgan fingerprint density at radius 3 is 2.53 bits per heavy atom. The molecule has 0 aliphatic rings. The summed E-state index contributed by atoms with van der Waals surface area (Å²) < 4.78 is 0. The van der Waals surface area contributed by atoms with Gasteiger partial charge in [-0.05, 0) is 30.0 Å². The van der Waals surface area contributed by atoms with Crippen LogP contribution in [0.25, 0.3) is 0 Å². The first-order valence-electron chi connectivity index (χ1n) is 5.71. The first-order valence-corrected chi connectivity index (χ1v) is 5.71. The Labute approximate surface area is 101 Å². The molecule has 0 fully saturated rings. The van der Waals surface area contributed by atoms with Gasteiger partial charge in [0.05, 0.1) is 0 Å². The number of aryl methyl sites for hydroxylation is 1. The van der Waals surface area contributed by atoms with Crippen LogP contribution in [-0.4, -0.2) is 15.2 Å². The number of hydrogen-bond acceptors (Lipinski definition) is 3. The Hall–Kier alpha value is -1.84. The number of H-pyrrole nitrogens is 1. The summed E-state index contributed by atoms with van der Waals surface area (Å²) in [5.74, 6) is 1.62. The van der Waals surface area contributed by atoms with E-state index in [9.17, 15) is 0 Å². The molecule has 4 heteroatoms. The third-order valence-corrected chi connectivity index (χ3v) is 2.59. The second kappa shape index (κ2) is 4.20. The first-order chi connectivity index (χ1) is 7.95. The molecule has 0 atom stereocenters. The van der Waals surface area contributed by atoms with E-state index in [1.54, 1.807) is 0 Å². The van der Waals surface area contributed by atoms with Crippen LogP contribution < -0.4 is 5.32 Å². The van der Waals surface area contributed by atoms with Gasteiger partial charge in [-0.3, -0.25) is 5.10 Å². The maximum atomic E-state index is 4.29. The molecule has 0 saturated carbocycles. The summed E-state index contributed by atoms with van der Waals surface area (Å²) in [6, 6.07) is 6.05. The van der Waals surface area contributed by atoms with Crippen molar-refractivity contribution in [3.05, 3.63) is 35.7 Å². The van der Waals surface area contributed by atoms with E-state index in [0.29, 0.717) is 0 Å². The van der Waals surface area contributed by atoms with E-state index in [1.165, 1.54) is 5.56 Å². The summed E-state index contributed by atoms with van der Waals surface area (Å²) >= 11 is 0. The molecule has 2 heterocycles. The maximum Gasteiger partial charge on any atom is 0.153 e. The van der Waals surface area contributed by atoms with E-state index in [0.717, 1.165) is 17.3 Å². The molecule has 0 unspecified atom stereocenters. The number of nitrogens with zero attached hydrogens (tertiary/aromatic N) is 2. The van der Waals surface area contributed by atoms with Crippen LogP contribution in [0.4, 0.5) is 11.6 Å². The van der Waals surface area contributed by atoms with Gasteiger partial charge in [-0.25, -0.2) is 4.98 Å². The highest BCUT2D eigenvalue weighted by atomic mass is 15.2. The molecule has 4 nitrogen and oxygen atoms in total. The van der Waals surface area contributed by atoms with Crippen molar-refractivity contribution >= 4 is 11.6 Å². The van der Waals surface area contributed by atoms with Gasteiger partial charge >= 0.3 is 0 Å². The number of aromatic amines is 1. The molecule has 2 aromatic rings. The number of anilines is 2. The Morgan fingerprint density at radius 1 is 1.18 bits per heavy atom. The average molecular weight is 230 g/mol. The molecule has 0 aliphatic heterocycles. The van der Waals surface area contributed by atoms with Crippen molar-refractivity contribution in [3.8, 4) is 0 Å². The highest BCUT2D eigenvalue weighted by Crippen LogP contribution is 2.24. The molecule has 0 aromatic carbocycles. The number of aromatic nitrogens is 3. The molecule has 0 amide bonds. The number of pyridine rings is 1. The van der Waals surface area contributed by atoms with Gasteiger partial charge in [-0.1, -0.05) is 20.8 Å². The van der Waals surface area contributed by atoms with Crippen molar-refractivity contribution in [3.63, 3.8) is 0 Å². The van der Waals surface area contributed by atoms with Crippen LogP contribution in [0.2, 0.25) is 0 Å². The molecular formula is C13H18N4. The Morgan fingerprint density at radius 2 is 1.94 bits per heavy atom. The number of nitrogens with one attached hydrogen (secondary N) is 2. The minimum Gasteiger partial charge on any atom is -0.323 e. The smallest absolute Gasteiger partial charge is 0.153 e. The van der Waals surface area contributed by atoms with Crippen molar-refractivity contribution in [2.45, 2.75) is 33.1 Å². The Balaban J connectivity index is 2.22. The van der Waals surface area contributed by atoms with E-state index in [1.807, 2.05) is 25.3 Å². The predicted octanol–water partition coefficient (Wildman–Crippen LogP) is 3.15. The third kappa shape index (κ3) is 2.84. The fourth-order valence-electron chi connectivity index (χ4n) is 1.58. The molecule has 0 saturated heterocycles. The standard InChI is InChI=1S/C13H18N4/c1-9-7-12(17-16-9)15-11-8-10(5-6-14-11)13(2,3)4/h5-8H,1-4H3,(H2,14,15,16,17). The summed E-state index contributed by atoms with van der Waals surface area (Å²) in [7, 11) is 0. The molecule has 17 heavy (non-hydrogen) atoms. The highest BCUT2D eigenvalue weighted by molar-refractivity contribution is 5.52. The van der Waals surface area contributed by atoms with Gasteiger partial charge in [-0.2, -0.15) is 5.10 Å². The molecule has 90 valence electrons. The van der Waals surface area contributed by atoms with E-state index in [2.05, 4.69) is 47.3 Å². The highest BCUT2D eigenvalue weighted by Gasteiger charge is 2.14. The van der Waals surface area contributed by atoms with Gasteiger partial charge in [0.15, 0.2) is 5.82 Å². The summed E-state index contributed by atoms with van der Waals surface area (Å²) in [5, 5.41) is 10.2. The molecule has 0 bridgehead atoms. The largest absolute Gasteiger partial charge is 0.323 e. The van der Waals surface area contributed by atoms with Gasteiger partial charge in [0.2, 0.25) is 0 Å². The minimum absolute atomic E-state index is 0.126. The quantitative estimate of drug-likeness (QED) is 0.833. The average Bonchev–Trinajstić information content (AvgIpc) is 2.63. The van der Waals surface area contributed by atoms with Gasteiger partial charge in [0, 0.05) is 18.0 Å². The van der Waals surface area contributed by atoms with Crippen LogP contribution >= 0.6 is 0 Å². The molecule has 0 radical (unpaired) electrons. The number of hydrogen-bond donors (Lipinski definition) is 2. The third-order valence-electron chi connectivity index (χ3n) is 2.59. The minimum atomic E-state index is 0.126. The fourth-order valence-corrected chi connectivity index (χ4v) is 1.58. The zero-order chi connectivity index (χ0) is 12.5. The van der Waals surface area contributed by atoms with Crippen molar-refractivity contribution in [2.24, 2.45) is 0 Å². The topological polar surface area (TPSA) is 53.6 Å². The van der Waals surface area contributed by atoms with Crippen molar-refractivity contribution < 1.29 is 0 Å². The van der Waals surface area contributed by atoms with Gasteiger partial charge in [0.1, 0.15) is 5.82 Å². The lowest BCUT2D eigenvalue weighted by Gasteiger charge is -2.19. The summed E-state index contributed by atoms with van der Waals surface area (Å²) in [6.07, 6.45) is 1.82. The molecular weight excluding hydrogens is 212 g/mol. The Bertz CT molecular complexity index is 508.